The summed E-state index contributed by atoms with van der Waals surface area (Å²) < 4.78 is 0. The standard InChI is InChI=1S/C30H42N8O8/c1-37(20-23(31)39)15-13-32-25(41)18-35-30(46)22(16-21-8-4-2-5-9-21)36-27(43)19-34-26(42)17-33-24(40)10-6-3-7-14-38-28(44)11-12-29(38)45/h2,4-5,8-9,11-12,22H,3,6-7,10,13-20H2,1H3,(H2,31,39)(H,32,41)(H,33,40)(H,34,42)(H,35,46)(H,36,43). The Balaban J connectivity index is 1.70. The normalized spacial score (nSPS) is 12.9. The van der Waals surface area contributed by atoms with Crippen molar-refractivity contribution in [2.75, 3.05) is 52.9 Å². The van der Waals surface area contributed by atoms with Crippen LogP contribution in [0.15, 0.2) is 42.5 Å². The van der Waals surface area contributed by atoms with Crippen LogP contribution in [0.1, 0.15) is 31.2 Å². The van der Waals surface area contributed by atoms with E-state index in [1.54, 1.807) is 42.3 Å². The van der Waals surface area contributed by atoms with Crippen LogP contribution in [0.3, 0.4) is 0 Å². The highest BCUT2D eigenvalue weighted by Gasteiger charge is 2.23. The predicted octanol–water partition coefficient (Wildman–Crippen LogP) is -2.92. The first-order valence-corrected chi connectivity index (χ1v) is 14.9. The smallest absolute Gasteiger partial charge is 0.253 e. The van der Waals surface area contributed by atoms with Gasteiger partial charge in [-0.2, -0.15) is 0 Å². The number of amides is 8. The average molecular weight is 643 g/mol. The lowest BCUT2D eigenvalue weighted by Gasteiger charge is -2.19. The molecule has 0 saturated heterocycles. The topological polar surface area (TPSA) is 229 Å². The van der Waals surface area contributed by atoms with Gasteiger partial charge in [-0.3, -0.25) is 48.2 Å². The van der Waals surface area contributed by atoms with Crippen LogP contribution in [0, 0.1) is 0 Å². The Morgan fingerprint density at radius 1 is 0.783 bits per heavy atom. The number of nitrogens with one attached hydrogen (secondary N) is 5. The first-order chi connectivity index (χ1) is 21.9. The summed E-state index contributed by atoms with van der Waals surface area (Å²) in [5, 5.41) is 12.5. The lowest BCUT2D eigenvalue weighted by molar-refractivity contribution is -0.137. The predicted molar refractivity (Wildman–Crippen MR) is 165 cm³/mol. The molecule has 1 aliphatic rings. The second kappa shape index (κ2) is 20.0. The van der Waals surface area contributed by atoms with Crippen molar-refractivity contribution >= 4 is 47.3 Å². The first kappa shape index (κ1) is 37.1. The molecule has 0 bridgehead atoms. The summed E-state index contributed by atoms with van der Waals surface area (Å²) in [4.78, 5) is 98.6. The van der Waals surface area contributed by atoms with E-state index < -0.39 is 42.1 Å². The zero-order chi connectivity index (χ0) is 33.9. The molecule has 1 unspecified atom stereocenters. The van der Waals surface area contributed by atoms with Crippen molar-refractivity contribution < 1.29 is 38.4 Å². The third-order valence-corrected chi connectivity index (χ3v) is 6.68. The van der Waals surface area contributed by atoms with Gasteiger partial charge in [-0.25, -0.2) is 0 Å². The van der Waals surface area contributed by atoms with Crippen molar-refractivity contribution in [1.29, 1.82) is 0 Å². The zero-order valence-corrected chi connectivity index (χ0v) is 25.8. The molecule has 1 heterocycles. The van der Waals surface area contributed by atoms with E-state index in [-0.39, 0.29) is 63.3 Å². The summed E-state index contributed by atoms with van der Waals surface area (Å²) in [5.74, 6) is -3.89. The number of hydrogen-bond acceptors (Lipinski definition) is 9. The maximum atomic E-state index is 12.9. The molecule has 1 atom stereocenters. The minimum absolute atomic E-state index is 0.0389. The third-order valence-electron chi connectivity index (χ3n) is 6.68. The third kappa shape index (κ3) is 15.1. The summed E-state index contributed by atoms with van der Waals surface area (Å²) >= 11 is 0. The number of imide groups is 1. The molecule has 46 heavy (non-hydrogen) atoms. The quantitative estimate of drug-likeness (QED) is 0.0595. The molecule has 0 saturated carbocycles. The van der Waals surface area contributed by atoms with Crippen LogP contribution in [0.2, 0.25) is 0 Å². The van der Waals surface area contributed by atoms with Crippen LogP contribution >= 0.6 is 0 Å². The minimum Gasteiger partial charge on any atom is -0.369 e. The molecule has 1 aliphatic heterocycles. The van der Waals surface area contributed by atoms with E-state index >= 15 is 0 Å². The molecule has 0 aliphatic carbocycles. The van der Waals surface area contributed by atoms with Gasteiger partial charge in [0.15, 0.2) is 0 Å². The molecule has 16 nitrogen and oxygen atoms in total. The Bertz CT molecular complexity index is 1270. The lowest BCUT2D eigenvalue weighted by atomic mass is 10.1. The molecule has 2 rings (SSSR count). The van der Waals surface area contributed by atoms with E-state index in [2.05, 4.69) is 26.6 Å². The van der Waals surface area contributed by atoms with Crippen LogP contribution in [0.5, 0.6) is 0 Å². The maximum absolute atomic E-state index is 12.9. The Kier molecular flexibility index (Phi) is 16.1. The second-order valence-electron chi connectivity index (χ2n) is 10.6. The Morgan fingerprint density at radius 3 is 2.07 bits per heavy atom. The van der Waals surface area contributed by atoms with E-state index in [1.807, 2.05) is 0 Å². The molecule has 0 radical (unpaired) electrons. The van der Waals surface area contributed by atoms with Crippen molar-refractivity contribution in [3.63, 3.8) is 0 Å². The Morgan fingerprint density at radius 2 is 1.39 bits per heavy atom. The van der Waals surface area contributed by atoms with Crippen LogP contribution in [-0.2, 0) is 44.8 Å². The highest BCUT2D eigenvalue weighted by atomic mass is 16.2. The van der Waals surface area contributed by atoms with Crippen molar-refractivity contribution in [3.05, 3.63) is 48.0 Å². The zero-order valence-electron chi connectivity index (χ0n) is 25.8. The largest absolute Gasteiger partial charge is 0.369 e. The number of rotatable bonds is 21. The van der Waals surface area contributed by atoms with E-state index in [0.717, 1.165) is 10.5 Å². The van der Waals surface area contributed by atoms with Crippen molar-refractivity contribution in [2.24, 2.45) is 5.73 Å². The molecular weight excluding hydrogens is 600 g/mol. The number of carbonyl (C=O) groups is 8. The molecule has 0 fully saturated rings. The van der Waals surface area contributed by atoms with E-state index in [0.29, 0.717) is 25.8 Å². The van der Waals surface area contributed by atoms with E-state index in [1.165, 1.54) is 12.2 Å². The summed E-state index contributed by atoms with van der Waals surface area (Å²) in [6, 6.07) is 7.87. The van der Waals surface area contributed by atoms with E-state index in [4.69, 9.17) is 5.73 Å². The number of primary amides is 1. The van der Waals surface area contributed by atoms with Crippen LogP contribution < -0.4 is 32.3 Å². The minimum atomic E-state index is -1.04. The van der Waals surface area contributed by atoms with E-state index in [9.17, 15) is 38.4 Å². The van der Waals surface area contributed by atoms with Crippen molar-refractivity contribution in [1.82, 2.24) is 36.4 Å². The number of unbranched alkanes of at least 4 members (excludes halogenated alkanes) is 2. The van der Waals surface area contributed by atoms with Crippen LogP contribution in [0.4, 0.5) is 0 Å². The summed E-state index contributed by atoms with van der Waals surface area (Å²) in [7, 11) is 1.67. The molecule has 1 aromatic carbocycles. The molecule has 0 spiro atoms. The summed E-state index contributed by atoms with van der Waals surface area (Å²) in [6.07, 6.45) is 4.37. The highest BCUT2D eigenvalue weighted by Crippen LogP contribution is 2.08. The van der Waals surface area contributed by atoms with Gasteiger partial charge in [-0.05, 0) is 25.5 Å². The van der Waals surface area contributed by atoms with Gasteiger partial charge in [0, 0.05) is 44.6 Å². The fourth-order valence-electron chi connectivity index (χ4n) is 4.28. The summed E-state index contributed by atoms with van der Waals surface area (Å²) in [5.41, 5.74) is 5.88. The molecule has 7 N–H and O–H groups in total. The molecule has 1 aromatic rings. The molecule has 0 aromatic heterocycles. The van der Waals surface area contributed by atoms with Crippen LogP contribution in [0.25, 0.3) is 0 Å². The average Bonchev–Trinajstić information content (AvgIpc) is 3.33. The first-order valence-electron chi connectivity index (χ1n) is 14.9. The molecular formula is C30H42N8O8. The highest BCUT2D eigenvalue weighted by molar-refractivity contribution is 6.12. The number of hydrogen-bond donors (Lipinski definition) is 6. The molecule has 250 valence electrons. The molecule has 16 heteroatoms. The lowest BCUT2D eigenvalue weighted by Crippen LogP contribution is -2.52. The second-order valence-corrected chi connectivity index (χ2v) is 10.6. The maximum Gasteiger partial charge on any atom is 0.253 e. The number of nitrogens with zero attached hydrogens (tertiary/aromatic N) is 2. The number of likely N-dealkylation sites (N-methyl/N-ethyl adjacent to an activating group) is 1. The number of carbonyl (C=O) groups excluding carboxylic acids is 8. The van der Waals surface area contributed by atoms with Gasteiger partial charge >= 0.3 is 0 Å². The monoisotopic (exact) mass is 642 g/mol. The van der Waals surface area contributed by atoms with Gasteiger partial charge in [0.05, 0.1) is 26.2 Å². The SMILES string of the molecule is CN(CCNC(=O)CNC(=O)C(Cc1ccccc1)NC(=O)CNC(=O)CNC(=O)CCCCCN1C(=O)C=CC1=O)CC(N)=O. The van der Waals surface area contributed by atoms with Gasteiger partial charge in [0.2, 0.25) is 35.4 Å². The summed E-state index contributed by atoms with van der Waals surface area (Å²) in [6.45, 7) is -0.227. The number of nitrogens with two attached hydrogens (primary N) is 1. The fraction of sp³-hybridized carbons (Fsp3) is 0.467. The van der Waals surface area contributed by atoms with Gasteiger partial charge in [0.1, 0.15) is 6.04 Å². The van der Waals surface area contributed by atoms with Gasteiger partial charge in [-0.15, -0.1) is 0 Å². The Hall–Kier alpha value is -5.12. The van der Waals surface area contributed by atoms with Gasteiger partial charge in [0.25, 0.3) is 11.8 Å². The number of benzene rings is 1. The Labute approximate surface area is 266 Å². The van der Waals surface area contributed by atoms with Gasteiger partial charge in [-0.1, -0.05) is 36.8 Å². The van der Waals surface area contributed by atoms with Crippen molar-refractivity contribution in [2.45, 2.75) is 38.1 Å². The fourth-order valence-corrected chi connectivity index (χ4v) is 4.28. The molecule has 8 amide bonds. The van der Waals surface area contributed by atoms with Crippen LogP contribution in [-0.4, -0.2) is 116 Å². The van der Waals surface area contributed by atoms with Gasteiger partial charge < -0.3 is 32.3 Å². The van der Waals surface area contributed by atoms with Crippen molar-refractivity contribution in [3.8, 4) is 0 Å².